The number of aromatic nitrogens is 1. The number of hydrogen-bond donors (Lipinski definition) is 1. The summed E-state index contributed by atoms with van der Waals surface area (Å²) >= 11 is 0. The number of benzene rings is 1. The van der Waals surface area contributed by atoms with Crippen molar-refractivity contribution in [3.63, 3.8) is 0 Å². The van der Waals surface area contributed by atoms with Crippen LogP contribution in [-0.2, 0) is 4.79 Å². The number of fused-ring (bicyclic) bond motifs is 1. The van der Waals surface area contributed by atoms with Gasteiger partial charge in [-0.1, -0.05) is 24.6 Å². The molecule has 1 saturated carbocycles. The standard InChI is InChI=1S/C18H18N2O4/c21-16(14-10-24-15(19-14)12-5-2-1-3-6-12)20-9-13-7-4-8-18(13,11-20)17(22)23/h1-3,5-6,10,13H,4,7-9,11H2,(H,22,23)/t13-,18+/m0/s1. The normalized spacial score (nSPS) is 25.7. The third-order valence-corrected chi connectivity index (χ3v) is 5.33. The Balaban J connectivity index is 1.55. The molecule has 0 unspecified atom stereocenters. The summed E-state index contributed by atoms with van der Waals surface area (Å²) in [5, 5.41) is 9.62. The summed E-state index contributed by atoms with van der Waals surface area (Å²) in [6, 6.07) is 9.37. The first kappa shape index (κ1) is 14.9. The predicted molar refractivity (Wildman–Crippen MR) is 85.3 cm³/mol. The number of amides is 1. The van der Waals surface area contributed by atoms with Gasteiger partial charge in [0.2, 0.25) is 5.89 Å². The Morgan fingerprint density at radius 2 is 2.08 bits per heavy atom. The minimum Gasteiger partial charge on any atom is -0.481 e. The van der Waals surface area contributed by atoms with Gasteiger partial charge < -0.3 is 14.4 Å². The van der Waals surface area contributed by atoms with Gasteiger partial charge in [-0.15, -0.1) is 0 Å². The SMILES string of the molecule is O=C(c1coc(-c2ccccc2)n1)N1C[C@@H]2CCC[C@@]2(C(=O)O)C1. The summed E-state index contributed by atoms with van der Waals surface area (Å²) in [5.74, 6) is -0.605. The number of carbonyl (C=O) groups is 2. The van der Waals surface area contributed by atoms with Crippen molar-refractivity contribution in [3.05, 3.63) is 42.3 Å². The van der Waals surface area contributed by atoms with E-state index in [2.05, 4.69) is 4.98 Å². The van der Waals surface area contributed by atoms with Gasteiger partial charge in [0, 0.05) is 18.7 Å². The molecule has 1 aliphatic carbocycles. The molecule has 2 heterocycles. The fraction of sp³-hybridized carbons (Fsp3) is 0.389. The van der Waals surface area contributed by atoms with Crippen molar-refractivity contribution in [1.82, 2.24) is 9.88 Å². The van der Waals surface area contributed by atoms with Gasteiger partial charge in [0.25, 0.3) is 5.91 Å². The summed E-state index contributed by atoms with van der Waals surface area (Å²) in [4.78, 5) is 30.3. The van der Waals surface area contributed by atoms with Crippen molar-refractivity contribution >= 4 is 11.9 Å². The van der Waals surface area contributed by atoms with Crippen LogP contribution in [0.1, 0.15) is 29.8 Å². The number of carbonyl (C=O) groups excluding carboxylic acids is 1. The van der Waals surface area contributed by atoms with Gasteiger partial charge in [-0.2, -0.15) is 0 Å². The van der Waals surface area contributed by atoms with Gasteiger partial charge in [-0.05, 0) is 30.9 Å². The summed E-state index contributed by atoms with van der Waals surface area (Å²) in [6.07, 6.45) is 3.78. The second kappa shape index (κ2) is 5.47. The Bertz CT molecular complexity index is 785. The van der Waals surface area contributed by atoms with Crippen LogP contribution in [0.5, 0.6) is 0 Å². The quantitative estimate of drug-likeness (QED) is 0.937. The number of aliphatic carboxylic acids is 1. The molecule has 2 aliphatic rings. The number of likely N-dealkylation sites (tertiary alicyclic amines) is 1. The molecule has 1 amide bonds. The largest absolute Gasteiger partial charge is 0.481 e. The zero-order valence-electron chi connectivity index (χ0n) is 13.1. The maximum Gasteiger partial charge on any atom is 0.311 e. The summed E-state index contributed by atoms with van der Waals surface area (Å²) in [5.41, 5.74) is 0.257. The molecule has 1 N–H and O–H groups in total. The second-order valence-corrected chi connectivity index (χ2v) is 6.64. The molecule has 0 bridgehead atoms. The maximum atomic E-state index is 12.7. The Morgan fingerprint density at radius 1 is 1.29 bits per heavy atom. The topological polar surface area (TPSA) is 83.6 Å². The second-order valence-electron chi connectivity index (χ2n) is 6.64. The molecule has 1 aliphatic heterocycles. The van der Waals surface area contributed by atoms with Gasteiger partial charge in [0.15, 0.2) is 5.69 Å². The van der Waals surface area contributed by atoms with Crippen LogP contribution in [-0.4, -0.2) is 40.0 Å². The van der Waals surface area contributed by atoms with Crippen molar-refractivity contribution in [2.45, 2.75) is 19.3 Å². The molecular weight excluding hydrogens is 308 g/mol. The van der Waals surface area contributed by atoms with E-state index in [1.165, 1.54) is 6.26 Å². The van der Waals surface area contributed by atoms with Gasteiger partial charge >= 0.3 is 5.97 Å². The van der Waals surface area contributed by atoms with Crippen LogP contribution in [0.15, 0.2) is 41.0 Å². The number of nitrogens with zero attached hydrogens (tertiary/aromatic N) is 2. The van der Waals surface area contributed by atoms with Gasteiger partial charge in [0.05, 0.1) is 5.41 Å². The summed E-state index contributed by atoms with van der Waals surface area (Å²) in [7, 11) is 0. The van der Waals surface area contributed by atoms with E-state index in [0.29, 0.717) is 18.9 Å². The lowest BCUT2D eigenvalue weighted by atomic mass is 9.81. The molecule has 1 saturated heterocycles. The van der Waals surface area contributed by atoms with Crippen molar-refractivity contribution in [1.29, 1.82) is 0 Å². The fourth-order valence-corrected chi connectivity index (χ4v) is 4.04. The highest BCUT2D eigenvalue weighted by Gasteiger charge is 2.56. The highest BCUT2D eigenvalue weighted by molar-refractivity contribution is 5.93. The van der Waals surface area contributed by atoms with Crippen LogP contribution in [0.3, 0.4) is 0 Å². The van der Waals surface area contributed by atoms with Crippen molar-refractivity contribution in [3.8, 4) is 11.5 Å². The van der Waals surface area contributed by atoms with E-state index in [9.17, 15) is 14.7 Å². The average molecular weight is 326 g/mol. The molecule has 2 atom stereocenters. The van der Waals surface area contributed by atoms with E-state index >= 15 is 0 Å². The summed E-state index contributed by atoms with van der Waals surface area (Å²) in [6.45, 7) is 0.748. The molecule has 2 aromatic rings. The van der Waals surface area contributed by atoms with Gasteiger partial charge in [0.1, 0.15) is 6.26 Å². The Labute approximate surface area is 139 Å². The molecule has 2 fully saturated rings. The van der Waals surface area contributed by atoms with Gasteiger partial charge in [-0.3, -0.25) is 9.59 Å². The smallest absolute Gasteiger partial charge is 0.311 e. The van der Waals surface area contributed by atoms with Crippen LogP contribution < -0.4 is 0 Å². The molecule has 4 rings (SSSR count). The number of oxazole rings is 1. The minimum atomic E-state index is -0.787. The first-order valence-electron chi connectivity index (χ1n) is 8.14. The minimum absolute atomic E-state index is 0.0412. The monoisotopic (exact) mass is 326 g/mol. The lowest BCUT2D eigenvalue weighted by Gasteiger charge is -2.22. The van der Waals surface area contributed by atoms with Crippen molar-refractivity contribution < 1.29 is 19.1 Å². The third kappa shape index (κ3) is 2.21. The maximum absolute atomic E-state index is 12.7. The van der Waals surface area contributed by atoms with Crippen molar-refractivity contribution in [2.75, 3.05) is 13.1 Å². The van der Waals surface area contributed by atoms with E-state index in [0.717, 1.165) is 18.4 Å². The highest BCUT2D eigenvalue weighted by Crippen LogP contribution is 2.49. The van der Waals surface area contributed by atoms with E-state index in [-0.39, 0.29) is 24.1 Å². The van der Waals surface area contributed by atoms with Gasteiger partial charge in [-0.25, -0.2) is 4.98 Å². The van der Waals surface area contributed by atoms with E-state index in [1.54, 1.807) is 4.90 Å². The number of carboxylic acid groups (broad SMARTS) is 1. The number of carboxylic acids is 1. The molecule has 6 heteroatoms. The molecule has 124 valence electrons. The Morgan fingerprint density at radius 3 is 2.79 bits per heavy atom. The van der Waals surface area contributed by atoms with E-state index < -0.39 is 11.4 Å². The van der Waals surface area contributed by atoms with E-state index in [4.69, 9.17) is 4.42 Å². The zero-order chi connectivity index (χ0) is 16.7. The average Bonchev–Trinajstić information content (AvgIpc) is 3.29. The molecular formula is C18H18N2O4. The van der Waals surface area contributed by atoms with E-state index in [1.807, 2.05) is 30.3 Å². The van der Waals surface area contributed by atoms with Crippen LogP contribution in [0, 0.1) is 11.3 Å². The predicted octanol–water partition coefficient (Wildman–Crippen LogP) is 2.67. The van der Waals surface area contributed by atoms with Crippen LogP contribution >= 0.6 is 0 Å². The van der Waals surface area contributed by atoms with Crippen molar-refractivity contribution in [2.24, 2.45) is 11.3 Å². The highest BCUT2D eigenvalue weighted by atomic mass is 16.4. The molecule has 1 aromatic carbocycles. The fourth-order valence-electron chi connectivity index (χ4n) is 4.04. The summed E-state index contributed by atoms with van der Waals surface area (Å²) < 4.78 is 5.42. The molecule has 6 nitrogen and oxygen atoms in total. The lowest BCUT2D eigenvalue weighted by molar-refractivity contribution is -0.149. The molecule has 1 aromatic heterocycles. The van der Waals surface area contributed by atoms with Crippen LogP contribution in [0.4, 0.5) is 0 Å². The number of hydrogen-bond acceptors (Lipinski definition) is 4. The number of rotatable bonds is 3. The molecule has 0 radical (unpaired) electrons. The Kier molecular flexibility index (Phi) is 3.40. The lowest BCUT2D eigenvalue weighted by Crippen LogP contribution is -2.37. The third-order valence-electron chi connectivity index (χ3n) is 5.33. The molecule has 24 heavy (non-hydrogen) atoms. The Hall–Kier alpha value is -2.63. The first-order chi connectivity index (χ1) is 11.6. The zero-order valence-corrected chi connectivity index (χ0v) is 13.1. The molecule has 0 spiro atoms. The first-order valence-corrected chi connectivity index (χ1v) is 8.14. The van der Waals surface area contributed by atoms with Crippen LogP contribution in [0.2, 0.25) is 0 Å². The van der Waals surface area contributed by atoms with Crippen LogP contribution in [0.25, 0.3) is 11.5 Å².